The van der Waals surface area contributed by atoms with Crippen LogP contribution in [0, 0.1) is 5.82 Å². The summed E-state index contributed by atoms with van der Waals surface area (Å²) >= 11 is 1.20. The minimum absolute atomic E-state index is 0.0378. The van der Waals surface area contributed by atoms with E-state index in [9.17, 15) is 18.8 Å². The van der Waals surface area contributed by atoms with Crippen LogP contribution < -0.4 is 14.9 Å². The van der Waals surface area contributed by atoms with Crippen LogP contribution in [-0.4, -0.2) is 34.3 Å². The molecule has 0 saturated carbocycles. The molecule has 0 N–H and O–H groups in total. The molecule has 0 bridgehead atoms. The number of hydrogen-bond donors (Lipinski definition) is 0. The Balaban J connectivity index is 1.69. The summed E-state index contributed by atoms with van der Waals surface area (Å²) in [4.78, 5) is 44.0. The van der Waals surface area contributed by atoms with E-state index in [-0.39, 0.29) is 36.9 Å². The molecule has 200 valence electrons. The Morgan fingerprint density at radius 2 is 1.79 bits per heavy atom. The first-order chi connectivity index (χ1) is 18.8. The number of hydrogen-bond acceptors (Lipinski definition) is 7. The summed E-state index contributed by atoms with van der Waals surface area (Å²) in [5.74, 6) is -1.36. The van der Waals surface area contributed by atoms with E-state index in [0.717, 1.165) is 16.5 Å². The van der Waals surface area contributed by atoms with Crippen molar-refractivity contribution in [3.8, 4) is 0 Å². The summed E-state index contributed by atoms with van der Waals surface area (Å²) in [5, 5.41) is 0.867. The van der Waals surface area contributed by atoms with Gasteiger partial charge in [0.2, 0.25) is 0 Å². The van der Waals surface area contributed by atoms with Crippen LogP contribution in [-0.2, 0) is 25.6 Å². The summed E-state index contributed by atoms with van der Waals surface area (Å²) in [6.07, 6.45) is 3.57. The van der Waals surface area contributed by atoms with Crippen LogP contribution in [0.2, 0.25) is 0 Å². The van der Waals surface area contributed by atoms with Crippen LogP contribution in [0.15, 0.2) is 75.8 Å². The zero-order valence-electron chi connectivity index (χ0n) is 21.6. The molecule has 3 heterocycles. The average Bonchev–Trinajstić information content (AvgIpc) is 3.40. The van der Waals surface area contributed by atoms with Crippen LogP contribution in [0.25, 0.3) is 17.0 Å². The zero-order chi connectivity index (χ0) is 27.7. The number of nitrogens with zero attached hydrogens (tertiary/aromatic N) is 3. The smallest absolute Gasteiger partial charge is 0.338 e. The van der Waals surface area contributed by atoms with Crippen molar-refractivity contribution in [1.82, 2.24) is 9.13 Å². The monoisotopic (exact) mass is 547 g/mol. The van der Waals surface area contributed by atoms with Gasteiger partial charge in [0.1, 0.15) is 12.4 Å². The number of fused-ring (bicyclic) bond motifs is 2. The van der Waals surface area contributed by atoms with E-state index in [1.54, 1.807) is 43.5 Å². The molecule has 10 heteroatoms. The molecule has 8 nitrogen and oxygen atoms in total. The first kappa shape index (κ1) is 26.3. The molecule has 2 aromatic carbocycles. The average molecular weight is 548 g/mol. The lowest BCUT2D eigenvalue weighted by Gasteiger charge is -2.24. The Kier molecular flexibility index (Phi) is 7.30. The van der Waals surface area contributed by atoms with E-state index >= 15 is 0 Å². The van der Waals surface area contributed by atoms with Crippen LogP contribution >= 0.6 is 11.3 Å². The minimum atomic E-state index is -0.826. The topological polar surface area (TPSA) is 91.9 Å². The van der Waals surface area contributed by atoms with Gasteiger partial charge in [-0.05, 0) is 50.6 Å². The van der Waals surface area contributed by atoms with Gasteiger partial charge >= 0.3 is 11.9 Å². The summed E-state index contributed by atoms with van der Waals surface area (Å²) < 4.78 is 27.8. The maximum Gasteiger partial charge on any atom is 0.338 e. The number of thiazole rings is 1. The Morgan fingerprint density at radius 3 is 2.51 bits per heavy atom. The Bertz CT molecular complexity index is 1800. The molecule has 5 rings (SSSR count). The summed E-state index contributed by atoms with van der Waals surface area (Å²) in [7, 11) is 0. The van der Waals surface area contributed by atoms with Crippen LogP contribution in [0.3, 0.4) is 0 Å². The van der Waals surface area contributed by atoms with Gasteiger partial charge < -0.3 is 14.0 Å². The number of allylic oxidation sites excluding steroid dienone is 1. The number of esters is 2. The van der Waals surface area contributed by atoms with Crippen molar-refractivity contribution in [1.29, 1.82) is 0 Å². The first-order valence-electron chi connectivity index (χ1n) is 12.5. The lowest BCUT2D eigenvalue weighted by atomic mass is 9.96. The molecule has 0 amide bonds. The highest BCUT2D eigenvalue weighted by Gasteiger charge is 2.33. The van der Waals surface area contributed by atoms with Crippen LogP contribution in [0.5, 0.6) is 0 Å². The Morgan fingerprint density at radius 1 is 1.08 bits per heavy atom. The molecule has 1 aliphatic heterocycles. The highest BCUT2D eigenvalue weighted by Crippen LogP contribution is 2.31. The third-order valence-corrected chi connectivity index (χ3v) is 7.40. The third kappa shape index (κ3) is 4.95. The van der Waals surface area contributed by atoms with Gasteiger partial charge in [0.25, 0.3) is 5.56 Å². The van der Waals surface area contributed by atoms with Crippen molar-refractivity contribution >= 4 is 40.3 Å². The van der Waals surface area contributed by atoms with E-state index < -0.39 is 17.8 Å². The van der Waals surface area contributed by atoms with Gasteiger partial charge in [0.15, 0.2) is 4.80 Å². The van der Waals surface area contributed by atoms with Gasteiger partial charge in [0, 0.05) is 22.7 Å². The quantitative estimate of drug-likeness (QED) is 0.331. The van der Waals surface area contributed by atoms with Gasteiger partial charge in [-0.15, -0.1) is 0 Å². The van der Waals surface area contributed by atoms with E-state index in [2.05, 4.69) is 4.99 Å². The lowest BCUT2D eigenvalue weighted by Crippen LogP contribution is -2.39. The minimum Gasteiger partial charge on any atom is -0.465 e. The van der Waals surface area contributed by atoms with E-state index in [1.165, 1.54) is 28.0 Å². The number of rotatable bonds is 7. The number of para-hydroxylation sites is 1. The highest BCUT2D eigenvalue weighted by molar-refractivity contribution is 7.07. The summed E-state index contributed by atoms with van der Waals surface area (Å²) in [6, 6.07) is 12.5. The number of carbonyl (C=O) groups is 2. The van der Waals surface area contributed by atoms with Crippen molar-refractivity contribution < 1.29 is 23.5 Å². The Hall–Kier alpha value is -4.31. The maximum atomic E-state index is 13.9. The van der Waals surface area contributed by atoms with E-state index in [1.807, 2.05) is 30.5 Å². The molecule has 0 aliphatic carbocycles. The van der Waals surface area contributed by atoms with Crippen molar-refractivity contribution in [2.24, 2.45) is 4.99 Å². The fourth-order valence-corrected chi connectivity index (χ4v) is 5.80. The molecule has 0 unspecified atom stereocenters. The second-order valence-electron chi connectivity index (χ2n) is 8.89. The molecule has 1 aliphatic rings. The molecule has 0 spiro atoms. The predicted octanol–water partition coefficient (Wildman–Crippen LogP) is 3.46. The number of aromatic nitrogens is 2. The molecule has 2 aromatic heterocycles. The van der Waals surface area contributed by atoms with Gasteiger partial charge in [-0.25, -0.2) is 14.2 Å². The van der Waals surface area contributed by atoms with Gasteiger partial charge in [0.05, 0.1) is 35.1 Å². The molecule has 0 fully saturated rings. The van der Waals surface area contributed by atoms with Crippen molar-refractivity contribution in [3.63, 3.8) is 0 Å². The van der Waals surface area contributed by atoms with Gasteiger partial charge in [-0.2, -0.15) is 0 Å². The van der Waals surface area contributed by atoms with Gasteiger partial charge in [-0.3, -0.25) is 14.2 Å². The lowest BCUT2D eigenvalue weighted by molar-refractivity contribution is -0.143. The van der Waals surface area contributed by atoms with Crippen molar-refractivity contribution in [3.05, 3.63) is 103 Å². The summed E-state index contributed by atoms with van der Waals surface area (Å²) in [6.45, 7) is 5.64. The number of benzene rings is 2. The highest BCUT2D eigenvalue weighted by atomic mass is 32.1. The SMILES string of the molecule is CCOC(=O)Cn1cc(/C=c2\sc3n(c2=O)[C@H](c2ccc(F)cc2)C(C(=O)OCC)=C(C)N=3)c2ccccc21. The molecule has 0 saturated heterocycles. The predicted molar refractivity (Wildman–Crippen MR) is 145 cm³/mol. The molecule has 4 aromatic rings. The summed E-state index contributed by atoms with van der Waals surface area (Å²) in [5.41, 5.74) is 2.46. The largest absolute Gasteiger partial charge is 0.465 e. The van der Waals surface area contributed by atoms with Gasteiger partial charge in [-0.1, -0.05) is 41.7 Å². The molecule has 39 heavy (non-hydrogen) atoms. The van der Waals surface area contributed by atoms with E-state index in [0.29, 0.717) is 20.6 Å². The molecular weight excluding hydrogens is 521 g/mol. The van der Waals surface area contributed by atoms with Crippen LogP contribution in [0.4, 0.5) is 4.39 Å². The number of carbonyl (C=O) groups excluding carboxylic acids is 2. The second kappa shape index (κ2) is 10.8. The first-order valence-corrected chi connectivity index (χ1v) is 13.3. The number of ether oxygens (including phenoxy) is 2. The van der Waals surface area contributed by atoms with Crippen molar-refractivity contribution in [2.45, 2.75) is 33.4 Å². The molecule has 0 radical (unpaired) electrons. The fraction of sp³-hybridized carbons (Fsp3) is 0.241. The zero-order valence-corrected chi connectivity index (χ0v) is 22.5. The molecule has 1 atom stereocenters. The van der Waals surface area contributed by atoms with E-state index in [4.69, 9.17) is 9.47 Å². The second-order valence-corrected chi connectivity index (χ2v) is 9.90. The third-order valence-electron chi connectivity index (χ3n) is 6.41. The fourth-order valence-electron chi connectivity index (χ4n) is 4.76. The standard InChI is InChI=1S/C29H26FN3O5S/c1-4-37-24(34)16-32-15-19(21-8-6-7-9-22(21)32)14-23-27(35)33-26(18-10-12-20(30)13-11-18)25(28(36)38-5-2)17(3)31-29(33)39-23/h6-15,26H,4-5,16H2,1-3H3/b23-14-/t26-/m1/s1. The maximum absolute atomic E-state index is 13.9. The Labute approximate surface area is 226 Å². The van der Waals surface area contributed by atoms with Crippen LogP contribution in [0.1, 0.15) is 37.9 Å². The molecular formula is C29H26FN3O5S. The number of halogens is 1. The van der Waals surface area contributed by atoms with Crippen molar-refractivity contribution in [2.75, 3.05) is 13.2 Å². The normalized spacial score (nSPS) is 15.3.